The van der Waals surface area contributed by atoms with Gasteiger partial charge in [0.2, 0.25) is 0 Å². The number of nitrogens with zero attached hydrogens (tertiary/aromatic N) is 24. The fraction of sp³-hybridized carbons (Fsp3) is 0.410. The van der Waals surface area contributed by atoms with Crippen molar-refractivity contribution in [3.05, 3.63) is 174 Å². The Morgan fingerprint density at radius 2 is 0.908 bits per heavy atom. The lowest BCUT2D eigenvalue weighted by Crippen LogP contribution is -2.43. The van der Waals surface area contributed by atoms with Crippen LogP contribution < -0.4 is 26.6 Å². The highest BCUT2D eigenvalue weighted by Gasteiger charge is 2.39. The number of anilines is 8. The molecular formula is C83H103N33S4. The molecule has 16 aromatic rings. The van der Waals surface area contributed by atoms with Crippen molar-refractivity contribution < 1.29 is 0 Å². The van der Waals surface area contributed by atoms with Crippen molar-refractivity contribution in [1.82, 2.24) is 141 Å². The maximum atomic E-state index is 4.72. The maximum Gasteiger partial charge on any atom is 0.180 e. The van der Waals surface area contributed by atoms with E-state index in [0.717, 1.165) is 253 Å². The number of nitrogens with one attached hydrogen (secondary N) is 9. The van der Waals surface area contributed by atoms with Crippen LogP contribution in [0, 0.1) is 44.9 Å². The summed E-state index contributed by atoms with van der Waals surface area (Å²) in [6.45, 7) is 30.0. The highest BCUT2D eigenvalue weighted by atomic mass is 32.1. The summed E-state index contributed by atoms with van der Waals surface area (Å²) in [5, 5.41) is 43.1. The zero-order valence-corrected chi connectivity index (χ0v) is 71.2. The van der Waals surface area contributed by atoms with E-state index in [1.165, 1.54) is 99.2 Å². The Balaban J connectivity index is 0.000000114. The fourth-order valence-electron chi connectivity index (χ4n) is 16.6. The standard InChI is InChI=1S/C23H28N8S.2C20H24N8S.C19H23N9S.CH4/c1-16-12-31-18(17-3-7-24-9-17)10-27-22(31)21(28-16)29-19-11-26-20(32-19)13-30-8-5-23(15-30)4-2-6-25-14-23;1-13-3-5-27(6-4-13)12-16-7-18(29-26-16)25-19-20-21-10-17(15-8-22-23-9-15)28(20)11-14(2)24-19;1-13-4-3-5-27(10-13)12-16-6-18(29-26-16)25-19-20-21-9-17(15-7-22-23-8-15)28(20)11-14(2)24-19;1-13-11-28-16(14-8-21-22-9-14)10-20-19(28)18(23-13)24-17-7-15(25-29-17)12-27-5-3-26(2)4-6-27;/h3,7,9-12,24-25H,2,4-6,8,13-15H2,1H3,(H,28,29);7-11,13H,3-6,12H2,1-2H3,(H,22,23)(H,24,25);6-9,11,13H,3-5,10,12H2,1-2H3,(H,22,23)(H,24,25);7-11H,3-6,12H2,1-2H3,(H,21,22)(H,23,24);1H4. The predicted molar refractivity (Wildman–Crippen MR) is 476 cm³/mol. The highest BCUT2D eigenvalue weighted by Crippen LogP contribution is 2.39. The van der Waals surface area contributed by atoms with E-state index in [1.807, 2.05) is 134 Å². The summed E-state index contributed by atoms with van der Waals surface area (Å²) in [6, 6.07) is 8.42. The molecule has 5 saturated heterocycles. The summed E-state index contributed by atoms with van der Waals surface area (Å²) < 4.78 is 22.2. The molecule has 16 aromatic heterocycles. The van der Waals surface area contributed by atoms with Gasteiger partial charge in [-0.1, -0.05) is 32.6 Å². The second-order valence-electron chi connectivity index (χ2n) is 32.3. The predicted octanol–water partition coefficient (Wildman–Crippen LogP) is 14.5. The average molecular weight is 1690 g/mol. The average Bonchev–Trinajstić information content (AvgIpc) is 1.64. The molecule has 0 amide bonds. The van der Waals surface area contributed by atoms with E-state index in [4.69, 9.17) is 9.97 Å². The van der Waals surface area contributed by atoms with E-state index in [9.17, 15) is 0 Å². The summed E-state index contributed by atoms with van der Waals surface area (Å²) in [4.78, 5) is 57.3. The zero-order chi connectivity index (χ0) is 80.9. The Morgan fingerprint density at radius 3 is 1.34 bits per heavy atom. The number of piperidine rings is 3. The number of hydrogen-bond donors (Lipinski definition) is 9. The first-order valence-electron chi connectivity index (χ1n) is 40.8. The van der Waals surface area contributed by atoms with Gasteiger partial charge in [0.05, 0.1) is 119 Å². The molecule has 120 heavy (non-hydrogen) atoms. The lowest BCUT2D eigenvalue weighted by molar-refractivity contribution is 0.147. The minimum atomic E-state index is 0. The number of imidazole rings is 4. The molecule has 624 valence electrons. The summed E-state index contributed by atoms with van der Waals surface area (Å²) in [7, 11) is 2.17. The molecule has 0 bridgehead atoms. The summed E-state index contributed by atoms with van der Waals surface area (Å²) in [5.74, 6) is 4.58. The van der Waals surface area contributed by atoms with Crippen LogP contribution in [0.4, 0.5) is 43.3 Å². The Kier molecular flexibility index (Phi) is 24.7. The molecule has 21 rings (SSSR count). The molecule has 5 aliphatic heterocycles. The molecule has 5 aliphatic rings. The minimum absolute atomic E-state index is 0. The van der Waals surface area contributed by atoms with E-state index in [1.54, 1.807) is 29.9 Å². The van der Waals surface area contributed by atoms with Crippen LogP contribution in [0.1, 0.15) is 111 Å². The van der Waals surface area contributed by atoms with Gasteiger partial charge < -0.3 is 36.5 Å². The molecule has 2 unspecified atom stereocenters. The molecule has 1 spiro atoms. The first-order valence-corrected chi connectivity index (χ1v) is 44.0. The van der Waals surface area contributed by atoms with Crippen LogP contribution in [-0.2, 0) is 26.2 Å². The third-order valence-corrected chi connectivity index (χ3v) is 25.9. The van der Waals surface area contributed by atoms with E-state index < -0.39 is 0 Å². The summed E-state index contributed by atoms with van der Waals surface area (Å²) in [6.07, 6.45) is 41.3. The summed E-state index contributed by atoms with van der Waals surface area (Å²) in [5.41, 5.74) is 18.7. The van der Waals surface area contributed by atoms with Gasteiger partial charge in [0.25, 0.3) is 0 Å². The monoisotopic (exact) mass is 1690 g/mol. The first-order chi connectivity index (χ1) is 58.1. The van der Waals surface area contributed by atoms with Crippen molar-refractivity contribution in [2.24, 2.45) is 17.3 Å². The molecular weight excluding hydrogens is 1590 g/mol. The molecule has 33 nitrogen and oxygen atoms in total. The normalized spacial score (nSPS) is 17.8. The number of thiazole rings is 1. The third-order valence-electron chi connectivity index (χ3n) is 22.7. The van der Waals surface area contributed by atoms with Gasteiger partial charge in [-0.05, 0) is 189 Å². The van der Waals surface area contributed by atoms with Crippen LogP contribution in [0.2, 0.25) is 0 Å². The van der Waals surface area contributed by atoms with Crippen LogP contribution in [0.25, 0.3) is 67.6 Å². The topological polar surface area (TPSA) is 350 Å². The number of rotatable bonds is 20. The smallest absolute Gasteiger partial charge is 0.180 e. The Bertz CT molecular complexity index is 5820. The van der Waals surface area contributed by atoms with Gasteiger partial charge in [-0.15, -0.1) is 0 Å². The third kappa shape index (κ3) is 18.9. The Labute approximate surface area is 712 Å². The second kappa shape index (κ2) is 36.4. The largest absolute Gasteiger partial charge is 0.367 e. The van der Waals surface area contributed by atoms with E-state index in [2.05, 4.69) is 178 Å². The quantitative estimate of drug-likeness (QED) is 0.0342. The summed E-state index contributed by atoms with van der Waals surface area (Å²) >= 11 is 6.11. The van der Waals surface area contributed by atoms with E-state index in [0.29, 0.717) is 5.41 Å². The molecule has 9 N–H and O–H groups in total. The number of piperazine rings is 1. The van der Waals surface area contributed by atoms with E-state index >= 15 is 0 Å². The van der Waals surface area contributed by atoms with Gasteiger partial charge in [0.15, 0.2) is 45.9 Å². The van der Waals surface area contributed by atoms with Crippen LogP contribution in [0.5, 0.6) is 0 Å². The number of likely N-dealkylation sites (tertiary alicyclic amines) is 3. The molecule has 21 heterocycles. The van der Waals surface area contributed by atoms with Crippen molar-refractivity contribution in [2.75, 3.05) is 107 Å². The lowest BCUT2D eigenvalue weighted by atomic mass is 9.80. The van der Waals surface area contributed by atoms with Gasteiger partial charge >= 0.3 is 0 Å². The van der Waals surface area contributed by atoms with Gasteiger partial charge in [0, 0.05) is 143 Å². The number of hydrogen-bond acceptors (Lipinski definition) is 29. The molecule has 0 saturated carbocycles. The molecule has 37 heteroatoms. The van der Waals surface area contributed by atoms with Crippen molar-refractivity contribution >= 4 is 112 Å². The Hall–Kier alpha value is -11.1. The van der Waals surface area contributed by atoms with Crippen LogP contribution in [0.15, 0.2) is 130 Å². The van der Waals surface area contributed by atoms with Gasteiger partial charge in [0.1, 0.15) is 25.0 Å². The van der Waals surface area contributed by atoms with Crippen LogP contribution >= 0.6 is 45.9 Å². The first kappa shape index (κ1) is 81.2. The van der Waals surface area contributed by atoms with Crippen molar-refractivity contribution in [3.63, 3.8) is 0 Å². The molecule has 5 fully saturated rings. The lowest BCUT2D eigenvalue weighted by Gasteiger charge is -2.33. The molecule has 0 radical (unpaired) electrons. The number of H-pyrrole nitrogens is 4. The zero-order valence-electron chi connectivity index (χ0n) is 67.9. The number of aromatic nitrogens is 23. The van der Waals surface area contributed by atoms with Crippen molar-refractivity contribution in [2.45, 2.75) is 120 Å². The van der Waals surface area contributed by atoms with Gasteiger partial charge in [-0.25, -0.2) is 44.9 Å². The van der Waals surface area contributed by atoms with E-state index in [-0.39, 0.29) is 7.43 Å². The fourth-order valence-corrected chi connectivity index (χ4v) is 19.4. The van der Waals surface area contributed by atoms with Crippen LogP contribution in [-0.4, -0.2) is 221 Å². The SMILES string of the molecule is C.Cc1cn2c(-c3cc[nH]c3)cnc2c(Nc2cnc(CN3CCC4(CCCNC4)C3)s2)n1.Cc1cn2c(-c3cn[nH]c3)cnc2c(Nc2cc(CN3CCC(C)CC3)ns2)n1.Cc1cn2c(-c3cn[nH]c3)cnc2c(Nc2cc(CN3CCCC(C)C3)ns2)n1.Cc1cn2c(-c3cn[nH]c3)cnc2c(Nc2cc(CN3CCN(C)CC3)ns2)n1. The number of likely N-dealkylation sites (N-methyl/N-ethyl adjacent to an activating group) is 1. The number of aryl methyl sites for hydroxylation is 4. The van der Waals surface area contributed by atoms with Crippen LogP contribution in [0.3, 0.4) is 0 Å². The number of fused-ring (bicyclic) bond motifs is 4. The highest BCUT2D eigenvalue weighted by molar-refractivity contribution is 7.15. The maximum absolute atomic E-state index is 4.72. The van der Waals surface area contributed by atoms with Crippen molar-refractivity contribution in [3.8, 4) is 45.0 Å². The molecule has 2 atom stereocenters. The molecule has 0 aliphatic carbocycles. The Morgan fingerprint density at radius 1 is 0.450 bits per heavy atom. The number of aromatic amines is 4. The van der Waals surface area contributed by atoms with Crippen molar-refractivity contribution in [1.29, 1.82) is 0 Å². The second-order valence-corrected chi connectivity index (χ2v) is 35.8. The van der Waals surface area contributed by atoms with Gasteiger partial charge in [-0.2, -0.15) is 28.4 Å². The van der Waals surface area contributed by atoms with Gasteiger partial charge in [-0.3, -0.25) is 52.5 Å². The molecule has 0 aromatic carbocycles. The minimum Gasteiger partial charge on any atom is -0.367 e.